The number of ether oxygens (including phenoxy) is 1. The molecule has 0 radical (unpaired) electrons. The lowest BCUT2D eigenvalue weighted by Crippen LogP contribution is -2.50. The first-order chi connectivity index (χ1) is 8.45. The molecule has 1 saturated heterocycles. The van der Waals surface area contributed by atoms with Gasteiger partial charge in [0.05, 0.1) is 18.6 Å². The second kappa shape index (κ2) is 6.58. The van der Waals surface area contributed by atoms with E-state index >= 15 is 0 Å². The third kappa shape index (κ3) is 3.87. The second-order valence-corrected chi connectivity index (χ2v) is 4.75. The van der Waals surface area contributed by atoms with Crippen molar-refractivity contribution in [3.05, 3.63) is 0 Å². The van der Waals surface area contributed by atoms with Crippen LogP contribution in [0, 0.1) is 5.92 Å². The van der Waals surface area contributed by atoms with Crippen LogP contribution < -0.4 is 0 Å². The van der Waals surface area contributed by atoms with Crippen molar-refractivity contribution in [2.75, 3.05) is 33.3 Å². The van der Waals surface area contributed by atoms with Crippen molar-refractivity contribution in [3.8, 4) is 0 Å². The highest BCUT2D eigenvalue weighted by atomic mass is 16.5. The van der Waals surface area contributed by atoms with Crippen LogP contribution in [0.1, 0.15) is 20.3 Å². The lowest BCUT2D eigenvalue weighted by atomic mass is 10.2. The van der Waals surface area contributed by atoms with Crippen LogP contribution in [0.15, 0.2) is 0 Å². The zero-order chi connectivity index (χ0) is 13.7. The molecule has 104 valence electrons. The number of carbonyl (C=O) groups excluding carboxylic acids is 1. The normalized spacial score (nSPS) is 21.5. The number of hydrogen-bond donors (Lipinski definition) is 1. The van der Waals surface area contributed by atoms with E-state index in [4.69, 9.17) is 9.84 Å². The summed E-state index contributed by atoms with van der Waals surface area (Å²) in [6.45, 7) is 5.55. The van der Waals surface area contributed by atoms with Gasteiger partial charge in [-0.15, -0.1) is 0 Å². The van der Waals surface area contributed by atoms with E-state index < -0.39 is 11.9 Å². The highest BCUT2D eigenvalue weighted by molar-refractivity contribution is 5.76. The van der Waals surface area contributed by atoms with Crippen LogP contribution in [0.5, 0.6) is 0 Å². The van der Waals surface area contributed by atoms with E-state index in [2.05, 4.69) is 0 Å². The van der Waals surface area contributed by atoms with E-state index in [0.717, 1.165) is 6.42 Å². The van der Waals surface area contributed by atoms with Crippen LogP contribution in [0.4, 0.5) is 4.79 Å². The molecule has 0 aromatic carbocycles. The smallest absolute Gasteiger partial charge is 0.319 e. The second-order valence-electron chi connectivity index (χ2n) is 4.75. The van der Waals surface area contributed by atoms with Gasteiger partial charge in [0.1, 0.15) is 0 Å². The maximum Gasteiger partial charge on any atom is 0.319 e. The topological polar surface area (TPSA) is 70.1 Å². The highest BCUT2D eigenvalue weighted by Gasteiger charge is 2.26. The molecule has 0 spiro atoms. The zero-order valence-corrected chi connectivity index (χ0v) is 11.3. The summed E-state index contributed by atoms with van der Waals surface area (Å²) in [5, 5.41) is 8.83. The first-order valence-corrected chi connectivity index (χ1v) is 6.30. The van der Waals surface area contributed by atoms with Gasteiger partial charge in [0.25, 0.3) is 0 Å². The summed E-state index contributed by atoms with van der Waals surface area (Å²) in [5.74, 6) is -1.44. The fraction of sp³-hybridized carbons (Fsp3) is 0.833. The molecule has 1 fully saturated rings. The third-order valence-corrected chi connectivity index (χ3v) is 3.16. The van der Waals surface area contributed by atoms with Crippen molar-refractivity contribution in [1.82, 2.24) is 9.80 Å². The van der Waals surface area contributed by atoms with E-state index in [1.165, 1.54) is 4.90 Å². The van der Waals surface area contributed by atoms with Gasteiger partial charge in [-0.05, 0) is 6.42 Å². The summed E-state index contributed by atoms with van der Waals surface area (Å²) in [6.07, 6.45) is 0.965. The van der Waals surface area contributed by atoms with Gasteiger partial charge in [-0.1, -0.05) is 13.8 Å². The largest absolute Gasteiger partial charge is 0.481 e. The summed E-state index contributed by atoms with van der Waals surface area (Å²) >= 11 is 0. The highest BCUT2D eigenvalue weighted by Crippen LogP contribution is 2.11. The van der Waals surface area contributed by atoms with E-state index in [1.807, 2.05) is 6.92 Å². The van der Waals surface area contributed by atoms with Gasteiger partial charge in [0.15, 0.2) is 0 Å². The van der Waals surface area contributed by atoms with Crippen LogP contribution in [0.2, 0.25) is 0 Å². The molecule has 0 aliphatic carbocycles. The number of carbonyl (C=O) groups is 2. The molecule has 2 amide bonds. The summed E-state index contributed by atoms with van der Waals surface area (Å²) in [6, 6.07) is -0.121. The van der Waals surface area contributed by atoms with Crippen LogP contribution in [0.3, 0.4) is 0 Å². The number of amides is 2. The Morgan fingerprint density at radius 1 is 1.56 bits per heavy atom. The predicted octanol–water partition coefficient (Wildman–Crippen LogP) is 0.870. The molecular weight excluding hydrogens is 236 g/mol. The van der Waals surface area contributed by atoms with Crippen molar-refractivity contribution >= 4 is 12.0 Å². The van der Waals surface area contributed by atoms with Crippen LogP contribution in [-0.4, -0.2) is 66.3 Å². The molecule has 2 atom stereocenters. The standard InChI is InChI=1S/C12H22N2O4/c1-4-10-8-14(5-6-18-10)12(17)13(3)7-9(2)11(15)16/h9-10H,4-8H2,1-3H3,(H,15,16). The number of urea groups is 1. The molecule has 1 aliphatic rings. The first kappa shape index (κ1) is 14.8. The zero-order valence-electron chi connectivity index (χ0n) is 11.3. The predicted molar refractivity (Wildman–Crippen MR) is 66.4 cm³/mol. The van der Waals surface area contributed by atoms with E-state index in [9.17, 15) is 9.59 Å². The number of hydrogen-bond acceptors (Lipinski definition) is 3. The molecule has 0 saturated carbocycles. The monoisotopic (exact) mass is 258 g/mol. The number of aliphatic carboxylic acids is 1. The minimum absolute atomic E-state index is 0.0907. The molecular formula is C12H22N2O4. The fourth-order valence-electron chi connectivity index (χ4n) is 1.95. The van der Waals surface area contributed by atoms with Crippen molar-refractivity contribution in [3.63, 3.8) is 0 Å². The molecule has 6 heteroatoms. The quantitative estimate of drug-likeness (QED) is 0.812. The van der Waals surface area contributed by atoms with E-state index in [-0.39, 0.29) is 18.7 Å². The Morgan fingerprint density at radius 2 is 2.22 bits per heavy atom. The van der Waals surface area contributed by atoms with Crippen LogP contribution >= 0.6 is 0 Å². The summed E-state index contributed by atoms with van der Waals surface area (Å²) < 4.78 is 5.50. The Hall–Kier alpha value is -1.30. The minimum Gasteiger partial charge on any atom is -0.481 e. The number of carboxylic acid groups (broad SMARTS) is 1. The van der Waals surface area contributed by atoms with Gasteiger partial charge < -0.3 is 19.6 Å². The van der Waals surface area contributed by atoms with E-state index in [1.54, 1.807) is 18.9 Å². The summed E-state index contributed by atoms with van der Waals surface area (Å²) in [5.41, 5.74) is 0. The SMILES string of the molecule is CCC1CN(C(=O)N(C)CC(C)C(=O)O)CCO1. The maximum atomic E-state index is 12.1. The Labute approximate surface area is 107 Å². The number of morpholine rings is 1. The van der Waals surface area contributed by atoms with Gasteiger partial charge in [-0.3, -0.25) is 4.79 Å². The van der Waals surface area contributed by atoms with Crippen molar-refractivity contribution in [2.24, 2.45) is 5.92 Å². The number of nitrogens with zero attached hydrogens (tertiary/aromatic N) is 2. The van der Waals surface area contributed by atoms with Crippen molar-refractivity contribution in [1.29, 1.82) is 0 Å². The van der Waals surface area contributed by atoms with Gasteiger partial charge >= 0.3 is 12.0 Å². The summed E-state index contributed by atoms with van der Waals surface area (Å²) in [7, 11) is 1.64. The molecule has 1 heterocycles. The summed E-state index contributed by atoms with van der Waals surface area (Å²) in [4.78, 5) is 26.1. The van der Waals surface area contributed by atoms with Gasteiger partial charge in [-0.25, -0.2) is 4.79 Å². The molecule has 0 bridgehead atoms. The van der Waals surface area contributed by atoms with E-state index in [0.29, 0.717) is 19.7 Å². The molecule has 18 heavy (non-hydrogen) atoms. The number of rotatable bonds is 4. The first-order valence-electron chi connectivity index (χ1n) is 6.30. The molecule has 0 aromatic rings. The lowest BCUT2D eigenvalue weighted by Gasteiger charge is -2.35. The average Bonchev–Trinajstić information content (AvgIpc) is 2.37. The fourth-order valence-corrected chi connectivity index (χ4v) is 1.95. The Kier molecular flexibility index (Phi) is 5.40. The Balaban J connectivity index is 2.50. The molecule has 1 aliphatic heterocycles. The molecule has 1 rings (SSSR count). The average molecular weight is 258 g/mol. The van der Waals surface area contributed by atoms with Crippen LogP contribution in [0.25, 0.3) is 0 Å². The molecule has 1 N–H and O–H groups in total. The van der Waals surface area contributed by atoms with Crippen molar-refractivity contribution < 1.29 is 19.4 Å². The maximum absolute atomic E-state index is 12.1. The molecule has 0 aromatic heterocycles. The van der Waals surface area contributed by atoms with Crippen LogP contribution in [-0.2, 0) is 9.53 Å². The van der Waals surface area contributed by atoms with Gasteiger partial charge in [0, 0.05) is 26.7 Å². The van der Waals surface area contributed by atoms with Gasteiger partial charge in [0.2, 0.25) is 0 Å². The molecule has 6 nitrogen and oxygen atoms in total. The minimum atomic E-state index is -0.886. The van der Waals surface area contributed by atoms with Gasteiger partial charge in [-0.2, -0.15) is 0 Å². The lowest BCUT2D eigenvalue weighted by molar-refractivity contribution is -0.141. The van der Waals surface area contributed by atoms with Crippen molar-refractivity contribution in [2.45, 2.75) is 26.4 Å². The Morgan fingerprint density at radius 3 is 2.78 bits per heavy atom. The Bertz CT molecular complexity index is 308. The third-order valence-electron chi connectivity index (χ3n) is 3.16. The molecule has 2 unspecified atom stereocenters. The number of carboxylic acids is 1.